The molecule has 1 aliphatic rings. The van der Waals surface area contributed by atoms with Gasteiger partial charge in [-0.15, -0.1) is 0 Å². The van der Waals surface area contributed by atoms with E-state index in [1.165, 1.54) is 0 Å². The summed E-state index contributed by atoms with van der Waals surface area (Å²) in [5.74, 6) is 1.95. The second-order valence-electron chi connectivity index (χ2n) is 4.18. The van der Waals surface area contributed by atoms with Crippen LogP contribution in [0.2, 0.25) is 0 Å². The van der Waals surface area contributed by atoms with Gasteiger partial charge in [-0.2, -0.15) is 16.9 Å². The quantitative estimate of drug-likeness (QED) is 0.810. The van der Waals surface area contributed by atoms with E-state index in [-0.39, 0.29) is 11.9 Å². The number of carbonyl (C=O) groups excluding carboxylic acids is 1. The molecular formula is C12H18N2O2S. The van der Waals surface area contributed by atoms with E-state index in [9.17, 15) is 4.79 Å². The van der Waals surface area contributed by atoms with Gasteiger partial charge in [0.05, 0.1) is 18.7 Å². The smallest absolute Gasteiger partial charge is 0.168 e. The Morgan fingerprint density at radius 3 is 3.12 bits per heavy atom. The molecule has 1 unspecified atom stereocenters. The lowest BCUT2D eigenvalue weighted by Gasteiger charge is -2.20. The summed E-state index contributed by atoms with van der Waals surface area (Å²) in [7, 11) is 1.89. The lowest BCUT2D eigenvalue weighted by Crippen LogP contribution is -2.33. The number of ether oxygens (including phenoxy) is 1. The number of hydrogen-bond donors (Lipinski definition) is 0. The first-order valence-electron chi connectivity index (χ1n) is 5.94. The van der Waals surface area contributed by atoms with Gasteiger partial charge >= 0.3 is 0 Å². The number of ketones is 1. The van der Waals surface area contributed by atoms with Crippen molar-refractivity contribution in [2.75, 3.05) is 18.1 Å². The van der Waals surface area contributed by atoms with Crippen LogP contribution in [0, 0.1) is 0 Å². The summed E-state index contributed by atoms with van der Waals surface area (Å²) >= 11 is 1.79. The van der Waals surface area contributed by atoms with Crippen LogP contribution in [-0.4, -0.2) is 39.8 Å². The molecule has 94 valence electrons. The average Bonchev–Trinajstić information content (AvgIpc) is 2.71. The minimum absolute atomic E-state index is 0.169. The molecule has 0 radical (unpaired) electrons. The lowest BCUT2D eigenvalue weighted by molar-refractivity contribution is -0.128. The maximum absolute atomic E-state index is 12.0. The van der Waals surface area contributed by atoms with E-state index in [0.717, 1.165) is 29.3 Å². The monoisotopic (exact) mass is 254 g/mol. The molecule has 17 heavy (non-hydrogen) atoms. The fourth-order valence-electron chi connectivity index (χ4n) is 1.88. The van der Waals surface area contributed by atoms with Crippen LogP contribution >= 0.6 is 11.8 Å². The second-order valence-corrected chi connectivity index (χ2v) is 5.33. The van der Waals surface area contributed by atoms with E-state index in [4.69, 9.17) is 4.74 Å². The minimum Gasteiger partial charge on any atom is -0.369 e. The zero-order valence-electron chi connectivity index (χ0n) is 10.3. The SMILES string of the molecule is CCc1cc(CC(=O)C2CSCCO2)n(C)n1. The molecule has 0 aromatic carbocycles. The van der Waals surface area contributed by atoms with Crippen molar-refractivity contribution in [3.05, 3.63) is 17.5 Å². The van der Waals surface area contributed by atoms with Gasteiger partial charge in [-0.05, 0) is 12.5 Å². The molecule has 1 aromatic heterocycles. The van der Waals surface area contributed by atoms with Crippen LogP contribution < -0.4 is 0 Å². The minimum atomic E-state index is -0.228. The third-order valence-electron chi connectivity index (χ3n) is 2.92. The van der Waals surface area contributed by atoms with Gasteiger partial charge in [-0.1, -0.05) is 6.92 Å². The van der Waals surface area contributed by atoms with Gasteiger partial charge in [0.1, 0.15) is 6.10 Å². The van der Waals surface area contributed by atoms with Crippen LogP contribution in [-0.2, 0) is 29.4 Å². The van der Waals surface area contributed by atoms with E-state index in [2.05, 4.69) is 12.0 Å². The van der Waals surface area contributed by atoms with Gasteiger partial charge in [0.15, 0.2) is 5.78 Å². The molecule has 4 nitrogen and oxygen atoms in total. The number of aryl methyl sites for hydroxylation is 2. The molecule has 2 heterocycles. The summed E-state index contributed by atoms with van der Waals surface area (Å²) in [6.45, 7) is 2.75. The van der Waals surface area contributed by atoms with Gasteiger partial charge in [0.25, 0.3) is 0 Å². The van der Waals surface area contributed by atoms with Crippen LogP contribution in [0.15, 0.2) is 6.07 Å². The molecule has 0 aliphatic carbocycles. The topological polar surface area (TPSA) is 44.1 Å². The molecule has 0 amide bonds. The first-order valence-corrected chi connectivity index (χ1v) is 7.10. The highest BCUT2D eigenvalue weighted by Crippen LogP contribution is 2.15. The number of rotatable bonds is 4. The van der Waals surface area contributed by atoms with Crippen LogP contribution in [0.25, 0.3) is 0 Å². The van der Waals surface area contributed by atoms with Crippen molar-refractivity contribution < 1.29 is 9.53 Å². The van der Waals surface area contributed by atoms with E-state index in [1.807, 2.05) is 13.1 Å². The summed E-state index contributed by atoms with van der Waals surface area (Å²) in [4.78, 5) is 12.0. The highest BCUT2D eigenvalue weighted by Gasteiger charge is 2.23. The average molecular weight is 254 g/mol. The zero-order chi connectivity index (χ0) is 12.3. The second kappa shape index (κ2) is 5.69. The number of Topliss-reactive ketones (excluding diaryl/α,β-unsaturated/α-hetero) is 1. The van der Waals surface area contributed by atoms with Crippen molar-refractivity contribution in [2.24, 2.45) is 7.05 Å². The summed E-state index contributed by atoms with van der Waals surface area (Å²) in [5.41, 5.74) is 2.01. The number of thioether (sulfide) groups is 1. The molecule has 1 saturated heterocycles. The summed E-state index contributed by atoms with van der Waals surface area (Å²) in [6.07, 6.45) is 1.10. The van der Waals surface area contributed by atoms with Crippen molar-refractivity contribution in [3.63, 3.8) is 0 Å². The predicted octanol–water partition coefficient (Wildman–Crippen LogP) is 1.23. The first-order chi connectivity index (χ1) is 8.20. The molecule has 1 fully saturated rings. The third-order valence-corrected chi connectivity index (χ3v) is 3.91. The molecule has 2 rings (SSSR count). The normalized spacial score (nSPS) is 20.5. The van der Waals surface area contributed by atoms with E-state index < -0.39 is 0 Å². The fraction of sp³-hybridized carbons (Fsp3) is 0.667. The Hall–Kier alpha value is -0.810. The molecule has 5 heteroatoms. The van der Waals surface area contributed by atoms with Gasteiger partial charge in [0.2, 0.25) is 0 Å². The number of aromatic nitrogens is 2. The molecule has 1 aromatic rings. The van der Waals surface area contributed by atoms with Crippen molar-refractivity contribution in [2.45, 2.75) is 25.9 Å². The Labute approximate surface area is 106 Å². The molecule has 0 bridgehead atoms. The number of nitrogens with zero attached hydrogens (tertiary/aromatic N) is 2. The van der Waals surface area contributed by atoms with Crippen LogP contribution in [0.4, 0.5) is 0 Å². The van der Waals surface area contributed by atoms with Crippen LogP contribution in [0.1, 0.15) is 18.3 Å². The zero-order valence-corrected chi connectivity index (χ0v) is 11.1. The molecular weight excluding hydrogens is 236 g/mol. The summed E-state index contributed by atoms with van der Waals surface area (Å²) < 4.78 is 7.28. The van der Waals surface area contributed by atoms with Gasteiger partial charge in [-0.25, -0.2) is 0 Å². The van der Waals surface area contributed by atoms with E-state index in [0.29, 0.717) is 13.0 Å². The van der Waals surface area contributed by atoms with Crippen molar-refractivity contribution in [1.82, 2.24) is 9.78 Å². The lowest BCUT2D eigenvalue weighted by atomic mass is 10.1. The fourth-order valence-corrected chi connectivity index (χ4v) is 2.75. The third kappa shape index (κ3) is 3.10. The Bertz CT molecular complexity index is 397. The number of carbonyl (C=O) groups is 1. The highest BCUT2D eigenvalue weighted by atomic mass is 32.2. The van der Waals surface area contributed by atoms with Crippen LogP contribution in [0.3, 0.4) is 0 Å². The number of hydrogen-bond acceptors (Lipinski definition) is 4. The molecule has 1 atom stereocenters. The maximum atomic E-state index is 12.0. The van der Waals surface area contributed by atoms with Gasteiger partial charge in [0, 0.05) is 24.2 Å². The summed E-state index contributed by atoms with van der Waals surface area (Å²) in [5, 5.41) is 4.35. The van der Waals surface area contributed by atoms with Crippen molar-refractivity contribution in [3.8, 4) is 0 Å². The highest BCUT2D eigenvalue weighted by molar-refractivity contribution is 7.99. The standard InChI is InChI=1S/C12H18N2O2S/c1-3-9-6-10(14(2)13-9)7-11(15)12-8-17-5-4-16-12/h6,12H,3-5,7-8H2,1-2H3. The largest absolute Gasteiger partial charge is 0.369 e. The molecule has 0 saturated carbocycles. The Morgan fingerprint density at radius 2 is 2.53 bits per heavy atom. The van der Waals surface area contributed by atoms with Gasteiger partial charge in [-0.3, -0.25) is 9.48 Å². The first kappa shape index (κ1) is 12.6. The van der Waals surface area contributed by atoms with Gasteiger partial charge < -0.3 is 4.74 Å². The van der Waals surface area contributed by atoms with Crippen LogP contribution in [0.5, 0.6) is 0 Å². The molecule has 1 aliphatic heterocycles. The van der Waals surface area contributed by atoms with E-state index in [1.54, 1.807) is 16.4 Å². The Balaban J connectivity index is 1.99. The maximum Gasteiger partial charge on any atom is 0.168 e. The Morgan fingerprint density at radius 1 is 1.71 bits per heavy atom. The Kier molecular flexibility index (Phi) is 4.23. The van der Waals surface area contributed by atoms with Crippen molar-refractivity contribution in [1.29, 1.82) is 0 Å². The molecule has 0 N–H and O–H groups in total. The predicted molar refractivity (Wildman–Crippen MR) is 68.4 cm³/mol. The van der Waals surface area contributed by atoms with E-state index >= 15 is 0 Å². The van der Waals surface area contributed by atoms with Crippen molar-refractivity contribution >= 4 is 17.5 Å². The molecule has 0 spiro atoms. The summed E-state index contributed by atoms with van der Waals surface area (Å²) in [6, 6.07) is 2.01.